The molecule has 0 radical (unpaired) electrons. The van der Waals surface area contributed by atoms with Crippen molar-refractivity contribution in [2.45, 2.75) is 42.2 Å². The lowest BCUT2D eigenvalue weighted by atomic mass is 9.98. The number of rotatable bonds is 6. The van der Waals surface area contributed by atoms with Gasteiger partial charge in [0.25, 0.3) is 5.76 Å². The lowest BCUT2D eigenvalue weighted by molar-refractivity contribution is -0.120. The Labute approximate surface area is 182 Å². The van der Waals surface area contributed by atoms with Crippen molar-refractivity contribution in [1.82, 2.24) is 9.46 Å². The molecule has 0 saturated carbocycles. The van der Waals surface area contributed by atoms with E-state index in [-0.39, 0.29) is 56.8 Å². The molecule has 0 aliphatic carbocycles. The number of alkyl halides is 2. The first-order valence-electron chi connectivity index (χ1n) is 9.08. The van der Waals surface area contributed by atoms with Crippen LogP contribution in [0.5, 0.6) is 0 Å². The van der Waals surface area contributed by atoms with Crippen molar-refractivity contribution < 1.29 is 26.5 Å². The number of nitrogens with zero attached hydrogens (tertiary/aromatic N) is 2. The van der Waals surface area contributed by atoms with Crippen LogP contribution >= 0.6 is 23.4 Å². The van der Waals surface area contributed by atoms with E-state index in [0.717, 1.165) is 0 Å². The van der Waals surface area contributed by atoms with Gasteiger partial charge in [0, 0.05) is 13.1 Å². The van der Waals surface area contributed by atoms with Crippen LogP contribution in [0.4, 0.5) is 14.5 Å². The fraction of sp³-hybridized carbons (Fsp3) is 0.444. The molecule has 1 aromatic heterocycles. The van der Waals surface area contributed by atoms with Gasteiger partial charge in [-0.15, -0.1) is 0 Å². The lowest BCUT2D eigenvalue weighted by Gasteiger charge is -2.31. The van der Waals surface area contributed by atoms with Crippen molar-refractivity contribution in [3.05, 3.63) is 34.7 Å². The third-order valence-corrected chi connectivity index (χ3v) is 8.14. The molecule has 0 bridgehead atoms. The highest BCUT2D eigenvalue weighted by molar-refractivity contribution is 7.99. The van der Waals surface area contributed by atoms with Gasteiger partial charge in [-0.3, -0.25) is 4.79 Å². The number of hydrogen-bond acceptors (Lipinski definition) is 6. The Morgan fingerprint density at radius 3 is 2.77 bits per heavy atom. The summed E-state index contributed by atoms with van der Waals surface area (Å²) >= 11 is 6.25. The molecule has 12 heteroatoms. The second-order valence-corrected chi connectivity index (χ2v) is 10.1. The number of aryl methyl sites for hydroxylation is 2. The van der Waals surface area contributed by atoms with Gasteiger partial charge in [-0.05, 0) is 38.8 Å². The molecule has 1 unspecified atom stereocenters. The Hall–Kier alpha value is -1.69. The quantitative estimate of drug-likeness (QED) is 0.621. The van der Waals surface area contributed by atoms with E-state index in [1.807, 2.05) is 0 Å². The number of nitrogens with one attached hydrogen (secondary N) is 1. The van der Waals surface area contributed by atoms with Crippen molar-refractivity contribution in [1.29, 1.82) is 0 Å². The molecule has 3 rings (SSSR count). The van der Waals surface area contributed by atoms with Crippen molar-refractivity contribution in [2.24, 2.45) is 5.92 Å². The average Bonchev–Trinajstić information content (AvgIpc) is 3.03. The second-order valence-electron chi connectivity index (χ2n) is 6.84. The van der Waals surface area contributed by atoms with Crippen LogP contribution in [0.2, 0.25) is 5.02 Å². The minimum atomic E-state index is -3.88. The second kappa shape index (κ2) is 9.21. The molecule has 30 heavy (non-hydrogen) atoms. The van der Waals surface area contributed by atoms with Gasteiger partial charge in [-0.25, -0.2) is 8.42 Å². The van der Waals surface area contributed by atoms with Crippen LogP contribution in [0.25, 0.3) is 0 Å². The highest BCUT2D eigenvalue weighted by atomic mass is 35.5. The molecule has 0 spiro atoms. The number of hydrogen-bond donors (Lipinski definition) is 1. The van der Waals surface area contributed by atoms with E-state index >= 15 is 0 Å². The van der Waals surface area contributed by atoms with Crippen LogP contribution in [-0.2, 0) is 14.8 Å². The zero-order valence-electron chi connectivity index (χ0n) is 16.2. The third-order valence-electron chi connectivity index (χ3n) is 4.75. The molecule has 1 aliphatic heterocycles. The van der Waals surface area contributed by atoms with Crippen LogP contribution in [0.1, 0.15) is 24.3 Å². The molecule has 1 atom stereocenters. The summed E-state index contributed by atoms with van der Waals surface area (Å²) in [5.74, 6) is -3.61. The van der Waals surface area contributed by atoms with E-state index in [1.165, 1.54) is 23.4 Å². The van der Waals surface area contributed by atoms with Gasteiger partial charge in [0.15, 0.2) is 5.76 Å². The summed E-state index contributed by atoms with van der Waals surface area (Å²) in [5, 5.41) is 6.42. The number of halogens is 3. The van der Waals surface area contributed by atoms with Crippen LogP contribution < -0.4 is 5.32 Å². The molecular formula is C18H20ClF2N3O4S2. The average molecular weight is 480 g/mol. The maximum atomic E-state index is 13.0. The van der Waals surface area contributed by atoms with Crippen LogP contribution in [0, 0.1) is 19.8 Å². The van der Waals surface area contributed by atoms with Crippen molar-refractivity contribution >= 4 is 45.0 Å². The Kier molecular flexibility index (Phi) is 7.05. The highest BCUT2D eigenvalue weighted by Crippen LogP contribution is 2.38. The normalized spacial score (nSPS) is 18.0. The zero-order valence-corrected chi connectivity index (χ0v) is 18.6. The Balaban J connectivity index is 1.78. The molecule has 2 heterocycles. The first kappa shape index (κ1) is 23.0. The summed E-state index contributed by atoms with van der Waals surface area (Å²) in [7, 11) is -3.88. The fourth-order valence-electron chi connectivity index (χ4n) is 3.40. The van der Waals surface area contributed by atoms with Gasteiger partial charge in [0.1, 0.15) is 10.6 Å². The predicted octanol–water partition coefficient (Wildman–Crippen LogP) is 4.30. The summed E-state index contributed by atoms with van der Waals surface area (Å²) in [5.41, 5.74) is 0.426. The predicted molar refractivity (Wildman–Crippen MR) is 109 cm³/mol. The van der Waals surface area contributed by atoms with Crippen molar-refractivity contribution in [3.63, 3.8) is 0 Å². The zero-order chi connectivity index (χ0) is 22.1. The minimum Gasteiger partial charge on any atom is -0.360 e. The Morgan fingerprint density at radius 1 is 1.40 bits per heavy atom. The molecule has 1 fully saturated rings. The summed E-state index contributed by atoms with van der Waals surface area (Å²) in [6.07, 6.45) is 0.951. The number of piperidine rings is 1. The minimum absolute atomic E-state index is 0.00835. The third kappa shape index (κ3) is 4.79. The summed E-state index contributed by atoms with van der Waals surface area (Å²) in [6, 6.07) is 4.48. The number of amides is 1. The summed E-state index contributed by atoms with van der Waals surface area (Å²) < 4.78 is 58.0. The maximum absolute atomic E-state index is 13.0. The number of sulfonamides is 1. The molecule has 1 N–H and O–H groups in total. The number of anilines is 1. The largest absolute Gasteiger partial charge is 0.360 e. The smallest absolute Gasteiger partial charge is 0.289 e. The Bertz CT molecular complexity index is 1030. The van der Waals surface area contributed by atoms with E-state index in [9.17, 15) is 22.0 Å². The molecule has 7 nitrogen and oxygen atoms in total. The van der Waals surface area contributed by atoms with Gasteiger partial charge in [0.05, 0.1) is 21.5 Å². The molecule has 2 aromatic rings. The molecule has 1 amide bonds. The van der Waals surface area contributed by atoms with Crippen molar-refractivity contribution in [2.75, 3.05) is 18.4 Å². The van der Waals surface area contributed by atoms with Gasteiger partial charge in [0.2, 0.25) is 15.9 Å². The van der Waals surface area contributed by atoms with Crippen LogP contribution in [0.3, 0.4) is 0 Å². The molecule has 1 saturated heterocycles. The maximum Gasteiger partial charge on any atom is 0.289 e. The number of carbonyl (C=O) groups excluding carboxylic acids is 1. The topological polar surface area (TPSA) is 92.5 Å². The standard InChI is InChI=1S/C18H20ClF2N3O4S2/c1-10-16(11(2)28-23-10)30(26,27)24-8-4-5-12(9-24)17(25)22-14-7-3-6-13(19)15(14)29-18(20)21/h3,6-7,12,18H,4-5,8-9H2,1-2H3,(H,22,25). The number of benzene rings is 1. The number of carbonyl (C=O) groups is 1. The van der Waals surface area contributed by atoms with Crippen LogP contribution in [-0.4, -0.2) is 42.6 Å². The van der Waals surface area contributed by atoms with E-state index in [4.69, 9.17) is 16.1 Å². The fourth-order valence-corrected chi connectivity index (χ4v) is 6.13. The molecule has 164 valence electrons. The van der Waals surface area contributed by atoms with Gasteiger partial charge in [-0.1, -0.05) is 34.6 Å². The van der Waals surface area contributed by atoms with Crippen molar-refractivity contribution in [3.8, 4) is 0 Å². The SMILES string of the molecule is Cc1noc(C)c1S(=O)(=O)N1CCCC(C(=O)Nc2cccc(Cl)c2SC(F)F)C1. The Morgan fingerprint density at radius 2 is 2.13 bits per heavy atom. The van der Waals surface area contributed by atoms with E-state index in [1.54, 1.807) is 13.0 Å². The molecule has 1 aromatic carbocycles. The van der Waals surface area contributed by atoms with Gasteiger partial charge < -0.3 is 9.84 Å². The molecular weight excluding hydrogens is 460 g/mol. The van der Waals surface area contributed by atoms with E-state index in [2.05, 4.69) is 10.5 Å². The van der Waals surface area contributed by atoms with E-state index < -0.39 is 27.6 Å². The number of aromatic nitrogens is 1. The van der Waals surface area contributed by atoms with Crippen LogP contribution in [0.15, 0.2) is 32.5 Å². The van der Waals surface area contributed by atoms with Gasteiger partial charge >= 0.3 is 0 Å². The highest BCUT2D eigenvalue weighted by Gasteiger charge is 2.36. The first-order valence-corrected chi connectivity index (χ1v) is 11.8. The number of thioether (sulfide) groups is 1. The van der Waals surface area contributed by atoms with Gasteiger partial charge in [-0.2, -0.15) is 13.1 Å². The lowest BCUT2D eigenvalue weighted by Crippen LogP contribution is -2.44. The first-order chi connectivity index (χ1) is 14.1. The van der Waals surface area contributed by atoms with E-state index in [0.29, 0.717) is 12.8 Å². The monoisotopic (exact) mass is 479 g/mol. The summed E-state index contributed by atoms with van der Waals surface area (Å²) in [4.78, 5) is 12.9. The summed E-state index contributed by atoms with van der Waals surface area (Å²) in [6.45, 7) is 3.29. The molecule has 1 aliphatic rings.